The molecule has 0 bridgehead atoms. The van der Waals surface area contributed by atoms with E-state index in [1.165, 1.54) is 45.2 Å². The molecule has 14 heavy (non-hydrogen) atoms. The van der Waals surface area contributed by atoms with Gasteiger partial charge in [0.2, 0.25) is 0 Å². The summed E-state index contributed by atoms with van der Waals surface area (Å²) in [5.41, 5.74) is 0.467. The van der Waals surface area contributed by atoms with Gasteiger partial charge >= 0.3 is 0 Å². The number of rotatable bonds is 4. The molecule has 1 heterocycles. The van der Waals surface area contributed by atoms with Gasteiger partial charge in [0.1, 0.15) is 0 Å². The van der Waals surface area contributed by atoms with E-state index in [-0.39, 0.29) is 0 Å². The molecule has 0 aliphatic carbocycles. The molecular formula is C13H27N. The quantitative estimate of drug-likeness (QED) is 0.664. The first-order valence-corrected chi connectivity index (χ1v) is 6.27. The van der Waals surface area contributed by atoms with Gasteiger partial charge in [0.05, 0.1) is 0 Å². The maximum Gasteiger partial charge on any atom is 0.0153 e. The zero-order valence-corrected chi connectivity index (χ0v) is 10.5. The molecule has 1 saturated heterocycles. The van der Waals surface area contributed by atoms with Crippen LogP contribution in [0.25, 0.3) is 0 Å². The van der Waals surface area contributed by atoms with Gasteiger partial charge in [-0.3, -0.25) is 4.90 Å². The van der Waals surface area contributed by atoms with Gasteiger partial charge in [-0.05, 0) is 58.5 Å². The van der Waals surface area contributed by atoms with Gasteiger partial charge in [0.25, 0.3) is 0 Å². The van der Waals surface area contributed by atoms with Crippen LogP contribution < -0.4 is 0 Å². The first-order chi connectivity index (χ1) is 6.52. The summed E-state index contributed by atoms with van der Waals surface area (Å²) in [7, 11) is 0. The van der Waals surface area contributed by atoms with Gasteiger partial charge < -0.3 is 0 Å². The maximum absolute atomic E-state index is 2.69. The lowest BCUT2D eigenvalue weighted by Crippen LogP contribution is -2.47. The maximum atomic E-state index is 2.69. The number of hydrogen-bond donors (Lipinski definition) is 0. The van der Waals surface area contributed by atoms with Crippen molar-refractivity contribution in [3.8, 4) is 0 Å². The van der Waals surface area contributed by atoms with E-state index in [0.717, 1.165) is 5.92 Å². The van der Waals surface area contributed by atoms with Crippen LogP contribution >= 0.6 is 0 Å². The van der Waals surface area contributed by atoms with E-state index in [1.54, 1.807) is 0 Å². The van der Waals surface area contributed by atoms with E-state index in [9.17, 15) is 0 Å². The molecule has 0 unspecified atom stereocenters. The lowest BCUT2D eigenvalue weighted by molar-refractivity contribution is 0.0743. The van der Waals surface area contributed by atoms with Crippen LogP contribution in [0.3, 0.4) is 0 Å². The number of nitrogens with zero attached hydrogens (tertiary/aromatic N) is 1. The molecule has 0 aromatic carbocycles. The third kappa shape index (κ3) is 3.61. The third-order valence-corrected chi connectivity index (χ3v) is 3.53. The van der Waals surface area contributed by atoms with E-state index >= 15 is 0 Å². The first-order valence-electron chi connectivity index (χ1n) is 6.27. The van der Waals surface area contributed by atoms with Gasteiger partial charge in [-0.1, -0.05) is 20.3 Å². The number of likely N-dealkylation sites (tertiary alicyclic amines) is 1. The van der Waals surface area contributed by atoms with Crippen LogP contribution in [0, 0.1) is 5.92 Å². The zero-order valence-electron chi connectivity index (χ0n) is 10.5. The molecule has 84 valence electrons. The highest BCUT2D eigenvalue weighted by atomic mass is 15.2. The van der Waals surface area contributed by atoms with Crippen LogP contribution in [0.2, 0.25) is 0 Å². The van der Waals surface area contributed by atoms with Gasteiger partial charge in [-0.15, -0.1) is 0 Å². The van der Waals surface area contributed by atoms with Crippen molar-refractivity contribution in [1.82, 2.24) is 4.90 Å². The Labute approximate surface area is 89.9 Å². The van der Waals surface area contributed by atoms with Crippen molar-refractivity contribution >= 4 is 0 Å². The van der Waals surface area contributed by atoms with Crippen LogP contribution in [0.15, 0.2) is 0 Å². The summed E-state index contributed by atoms with van der Waals surface area (Å²) < 4.78 is 0. The number of piperidine rings is 1. The van der Waals surface area contributed by atoms with Gasteiger partial charge in [0.15, 0.2) is 0 Å². The summed E-state index contributed by atoms with van der Waals surface area (Å²) in [6, 6.07) is 0. The molecule has 1 heteroatoms. The molecule has 1 aliphatic heterocycles. The molecule has 0 aromatic heterocycles. The second-order valence-electron chi connectivity index (χ2n) is 5.79. The fourth-order valence-corrected chi connectivity index (χ4v) is 2.43. The SMILES string of the molecule is CC(C)CCCN1CCCCC1(C)C. The second kappa shape index (κ2) is 5.16. The summed E-state index contributed by atoms with van der Waals surface area (Å²) in [4.78, 5) is 2.69. The van der Waals surface area contributed by atoms with Crippen molar-refractivity contribution in [2.75, 3.05) is 13.1 Å². The standard InChI is InChI=1S/C13H27N/c1-12(2)8-7-11-14-10-6-5-9-13(14,3)4/h12H,5-11H2,1-4H3. The zero-order chi connectivity index (χ0) is 10.6. The van der Waals surface area contributed by atoms with E-state index in [0.29, 0.717) is 5.54 Å². The Hall–Kier alpha value is -0.0400. The smallest absolute Gasteiger partial charge is 0.0153 e. The van der Waals surface area contributed by atoms with Crippen LogP contribution in [0.1, 0.15) is 59.8 Å². The highest BCUT2D eigenvalue weighted by Crippen LogP contribution is 2.27. The molecule has 0 aromatic rings. The van der Waals surface area contributed by atoms with E-state index in [2.05, 4.69) is 32.6 Å². The van der Waals surface area contributed by atoms with E-state index in [4.69, 9.17) is 0 Å². The van der Waals surface area contributed by atoms with Crippen molar-refractivity contribution in [3.63, 3.8) is 0 Å². The van der Waals surface area contributed by atoms with Crippen molar-refractivity contribution in [2.45, 2.75) is 65.3 Å². The van der Waals surface area contributed by atoms with Crippen molar-refractivity contribution in [1.29, 1.82) is 0 Å². The van der Waals surface area contributed by atoms with Gasteiger partial charge in [-0.25, -0.2) is 0 Å². The predicted molar refractivity (Wildman–Crippen MR) is 63.6 cm³/mol. The van der Waals surface area contributed by atoms with Crippen molar-refractivity contribution in [2.24, 2.45) is 5.92 Å². The minimum Gasteiger partial charge on any atom is -0.298 e. The lowest BCUT2D eigenvalue weighted by atomic mass is 9.90. The molecule has 0 N–H and O–H groups in total. The normalized spacial score (nSPS) is 22.9. The molecule has 1 aliphatic rings. The largest absolute Gasteiger partial charge is 0.298 e. The third-order valence-electron chi connectivity index (χ3n) is 3.53. The first kappa shape index (κ1) is 12.0. The fraction of sp³-hybridized carbons (Fsp3) is 1.00. The Kier molecular flexibility index (Phi) is 4.43. The Morgan fingerprint density at radius 1 is 1.21 bits per heavy atom. The van der Waals surface area contributed by atoms with Crippen molar-refractivity contribution < 1.29 is 0 Å². The molecule has 0 spiro atoms. The van der Waals surface area contributed by atoms with Gasteiger partial charge in [0, 0.05) is 5.54 Å². The Balaban J connectivity index is 2.27. The summed E-state index contributed by atoms with van der Waals surface area (Å²) in [5, 5.41) is 0. The lowest BCUT2D eigenvalue weighted by Gasteiger charge is -2.42. The Morgan fingerprint density at radius 2 is 1.93 bits per heavy atom. The highest BCUT2D eigenvalue weighted by molar-refractivity contribution is 4.85. The van der Waals surface area contributed by atoms with Crippen LogP contribution in [-0.2, 0) is 0 Å². The monoisotopic (exact) mass is 197 g/mol. The summed E-state index contributed by atoms with van der Waals surface area (Å²) in [6.45, 7) is 12.1. The second-order valence-corrected chi connectivity index (χ2v) is 5.79. The Bertz CT molecular complexity index is 161. The molecule has 1 nitrogen and oxygen atoms in total. The molecule has 1 rings (SSSR count). The molecule has 0 amide bonds. The molecule has 0 atom stereocenters. The average molecular weight is 197 g/mol. The molecule has 1 fully saturated rings. The molecule has 0 radical (unpaired) electrons. The minimum absolute atomic E-state index is 0.467. The fourth-order valence-electron chi connectivity index (χ4n) is 2.43. The topological polar surface area (TPSA) is 3.24 Å². The van der Waals surface area contributed by atoms with Crippen molar-refractivity contribution in [3.05, 3.63) is 0 Å². The summed E-state index contributed by atoms with van der Waals surface area (Å²) in [6.07, 6.45) is 6.97. The van der Waals surface area contributed by atoms with E-state index in [1.807, 2.05) is 0 Å². The summed E-state index contributed by atoms with van der Waals surface area (Å²) >= 11 is 0. The summed E-state index contributed by atoms with van der Waals surface area (Å²) in [5.74, 6) is 0.864. The van der Waals surface area contributed by atoms with Crippen LogP contribution in [0.4, 0.5) is 0 Å². The highest BCUT2D eigenvalue weighted by Gasteiger charge is 2.28. The van der Waals surface area contributed by atoms with E-state index < -0.39 is 0 Å². The molecule has 0 saturated carbocycles. The minimum atomic E-state index is 0.467. The van der Waals surface area contributed by atoms with Crippen LogP contribution in [-0.4, -0.2) is 23.5 Å². The van der Waals surface area contributed by atoms with Crippen LogP contribution in [0.5, 0.6) is 0 Å². The Morgan fingerprint density at radius 3 is 2.50 bits per heavy atom. The van der Waals surface area contributed by atoms with Gasteiger partial charge in [-0.2, -0.15) is 0 Å². The number of hydrogen-bond acceptors (Lipinski definition) is 1. The molecular weight excluding hydrogens is 170 g/mol. The predicted octanol–water partition coefficient (Wildman–Crippen LogP) is 3.69. The average Bonchev–Trinajstić information content (AvgIpc) is 2.07.